The highest BCUT2D eigenvalue weighted by molar-refractivity contribution is 6.11. The first-order valence-corrected chi connectivity index (χ1v) is 39.8. The van der Waals surface area contributed by atoms with Crippen molar-refractivity contribution in [2.24, 2.45) is 21.1 Å². The van der Waals surface area contributed by atoms with Crippen LogP contribution in [0.15, 0.2) is 163 Å². The summed E-state index contributed by atoms with van der Waals surface area (Å²) >= 11 is 0. The van der Waals surface area contributed by atoms with Gasteiger partial charge in [-0.25, -0.2) is 18.0 Å². The Morgan fingerprint density at radius 1 is 0.446 bits per heavy atom. The highest BCUT2D eigenvalue weighted by atomic mass is 19.1. The van der Waals surface area contributed by atoms with E-state index >= 15 is 0 Å². The van der Waals surface area contributed by atoms with Gasteiger partial charge in [0.15, 0.2) is 41.1 Å². The van der Waals surface area contributed by atoms with Gasteiger partial charge in [-0.2, -0.15) is 0 Å². The van der Waals surface area contributed by atoms with E-state index in [-0.39, 0.29) is 80.4 Å². The molecule has 23 nitrogen and oxygen atoms in total. The van der Waals surface area contributed by atoms with Crippen molar-refractivity contribution in [1.29, 1.82) is 0 Å². The van der Waals surface area contributed by atoms with Crippen LogP contribution >= 0.6 is 0 Å². The summed E-state index contributed by atoms with van der Waals surface area (Å²) in [5, 5.41) is 18.1. The van der Waals surface area contributed by atoms with E-state index in [1.54, 1.807) is 44.6 Å². The van der Waals surface area contributed by atoms with Crippen molar-refractivity contribution < 1.29 is 84.8 Å². The number of rotatable bonds is 32. The van der Waals surface area contributed by atoms with Gasteiger partial charge in [-0.15, -0.1) is 0 Å². The van der Waals surface area contributed by atoms with Gasteiger partial charge in [0, 0.05) is 76.4 Å². The fourth-order valence-electron chi connectivity index (χ4n) is 15.0. The predicted molar refractivity (Wildman–Crippen MR) is 464 cm³/mol. The molecule has 13 rings (SSSR count). The minimum atomic E-state index is -0.448. The maximum Gasteiger partial charge on any atom is 0.344 e. The fraction of sp³-hybridized carbons (Fsp3) is 0.326. The SMILES string of the molecule is COc1cc(/C=C2/C(C)=C(CC(=O)NCc3cccn3C)c3cc(F)ccc32)cc(OC)c1OCC(=O)OC1CCN(C)CC1.COc1cc(/C=C2/C(C)=C(CC(=O)NCc3cccn3C)c3cc(F)ccc32)cc(OC)c1OCCN(C)C.COc1cc(/C=C2/C(C)=C(CC(=O)NCc3cccn3C)c3cc(F)ccc32)cc(OC)c1OCCO. The lowest BCUT2D eigenvalue weighted by atomic mass is 10.00. The highest BCUT2D eigenvalue weighted by Crippen LogP contribution is 2.50. The Morgan fingerprint density at radius 3 is 1.05 bits per heavy atom. The Labute approximate surface area is 704 Å². The number of allylic oxidation sites excluding steroid dienone is 6. The standard InChI is InChI=1S/C35H40FN3O6.C31H36FN3O4.C29H31FN2O5/c1-22-28(27-9-8-24(36)18-30(27)29(22)19-33(40)37-20-25-7-6-12-39(25)3)15-23-16-31(42-4)35(32(17-23)43-5)44-21-34(41)45-26-10-13-38(2)14-11-26;1-20-25(14-21-15-28(37-5)31(29(16-21)38-6)39-13-12-34(2)3)24-10-9-22(32)17-27(24)26(20)18-30(36)33-19-23-8-7-11-35(23)4;1-18-23(12-19-13-26(35-3)29(37-11-10-33)27(14-19)36-4)22-8-7-20(30)15-25(22)24(18)16-28(34)31-17-21-6-5-9-32(21)2/h6-9,12,15-18,26H,10-11,13-14,19-21H2,1-5H3,(H,37,40);7-11,14-17H,12-13,18-19H2,1-6H3,(H,33,36);5-9,12-15,33H,10-11,16-17H2,1-4H3,(H,31,34)/b28-15-;25-14-;23-12-. The van der Waals surface area contributed by atoms with Crippen molar-refractivity contribution in [3.05, 3.63) is 247 Å². The molecule has 1 fully saturated rings. The van der Waals surface area contributed by atoms with Gasteiger partial charge < -0.3 is 91.9 Å². The summed E-state index contributed by atoms with van der Waals surface area (Å²) in [6.45, 7) is 9.76. The van der Waals surface area contributed by atoms with E-state index in [9.17, 15) is 32.3 Å². The van der Waals surface area contributed by atoms with Crippen LogP contribution in [-0.4, -0.2) is 168 Å². The van der Waals surface area contributed by atoms with E-state index in [1.165, 1.54) is 64.8 Å². The Balaban J connectivity index is 0.000000178. The van der Waals surface area contributed by atoms with Gasteiger partial charge in [-0.05, 0) is 282 Å². The molecule has 0 spiro atoms. The molecule has 0 unspecified atom stereocenters. The third-order valence-electron chi connectivity index (χ3n) is 21.7. The first kappa shape index (κ1) is 89.1. The molecule has 0 saturated carbocycles. The van der Waals surface area contributed by atoms with Crippen molar-refractivity contribution in [3.63, 3.8) is 0 Å². The molecule has 0 atom stereocenters. The van der Waals surface area contributed by atoms with Gasteiger partial charge in [-0.3, -0.25) is 14.4 Å². The number of piperidine rings is 1. The van der Waals surface area contributed by atoms with Crippen molar-refractivity contribution in [3.8, 4) is 51.7 Å². The first-order chi connectivity index (χ1) is 58.2. The molecule has 4 heterocycles. The van der Waals surface area contributed by atoms with Crippen LogP contribution in [0.3, 0.4) is 0 Å². The van der Waals surface area contributed by atoms with Crippen molar-refractivity contribution in [2.45, 2.75) is 78.6 Å². The lowest BCUT2D eigenvalue weighted by molar-refractivity contribution is -0.153. The maximum atomic E-state index is 14.4. The summed E-state index contributed by atoms with van der Waals surface area (Å²) in [5.74, 6) is 2.09. The average molecular weight is 1660 g/mol. The Morgan fingerprint density at radius 2 is 0.760 bits per heavy atom. The summed E-state index contributed by atoms with van der Waals surface area (Å²) in [6, 6.07) is 36.6. The topological polar surface area (TPSA) is 238 Å². The summed E-state index contributed by atoms with van der Waals surface area (Å²) < 4.78 is 106. The summed E-state index contributed by atoms with van der Waals surface area (Å²) in [5.41, 5.74) is 17.7. The van der Waals surface area contributed by atoms with Crippen LogP contribution in [0.2, 0.25) is 0 Å². The molecule has 9 aromatic rings. The number of aliphatic hydroxyl groups is 1. The van der Waals surface area contributed by atoms with Crippen molar-refractivity contribution in [1.82, 2.24) is 39.5 Å². The fourth-order valence-corrected chi connectivity index (χ4v) is 15.0. The van der Waals surface area contributed by atoms with E-state index in [0.29, 0.717) is 89.1 Å². The highest BCUT2D eigenvalue weighted by Gasteiger charge is 2.32. The number of fused-ring (bicyclic) bond motifs is 3. The average Bonchev–Trinajstić information content (AvgIpc) is 1.63. The second-order valence-corrected chi connectivity index (χ2v) is 30.0. The molecule has 3 amide bonds. The quantitative estimate of drug-likeness (QED) is 0.0287. The van der Waals surface area contributed by atoms with Gasteiger partial charge in [0.2, 0.25) is 35.0 Å². The molecular formula is C95H107F3N8O15. The number of hydrogen-bond acceptors (Lipinski definition) is 17. The molecule has 4 aliphatic rings. The van der Waals surface area contributed by atoms with Crippen LogP contribution < -0.4 is 58.6 Å². The third-order valence-corrected chi connectivity index (χ3v) is 21.7. The zero-order valence-electron chi connectivity index (χ0n) is 71.3. The lowest BCUT2D eigenvalue weighted by Crippen LogP contribution is -2.36. The number of carbonyl (C=O) groups is 4. The number of methoxy groups -OCH3 is 6. The predicted octanol–water partition coefficient (Wildman–Crippen LogP) is 15.0. The number of ether oxygens (including phenoxy) is 10. The summed E-state index contributed by atoms with van der Waals surface area (Å²) in [7, 11) is 21.1. The van der Waals surface area contributed by atoms with Crippen LogP contribution in [0.5, 0.6) is 51.7 Å². The molecule has 1 aliphatic heterocycles. The van der Waals surface area contributed by atoms with Gasteiger partial charge >= 0.3 is 5.97 Å². The van der Waals surface area contributed by atoms with E-state index in [4.69, 9.17) is 52.5 Å². The van der Waals surface area contributed by atoms with Gasteiger partial charge in [0.1, 0.15) is 36.8 Å². The van der Waals surface area contributed by atoms with Crippen molar-refractivity contribution >= 4 is 75.4 Å². The van der Waals surface area contributed by atoms with Crippen LogP contribution in [0.1, 0.15) is 120 Å². The van der Waals surface area contributed by atoms with Crippen LogP contribution in [0, 0.1) is 17.5 Å². The zero-order valence-corrected chi connectivity index (χ0v) is 71.3. The smallest absolute Gasteiger partial charge is 0.344 e. The maximum absolute atomic E-state index is 14.4. The number of aryl methyl sites for hydroxylation is 3. The van der Waals surface area contributed by atoms with E-state index in [2.05, 4.69) is 20.9 Å². The number of likely N-dealkylation sites (tertiary alicyclic amines) is 1. The number of carbonyl (C=O) groups excluding carboxylic acids is 4. The minimum absolute atomic E-state index is 0.101. The van der Waals surface area contributed by atoms with Crippen LogP contribution in [0.25, 0.3) is 51.7 Å². The molecule has 26 heteroatoms. The monoisotopic (exact) mass is 1660 g/mol. The number of nitrogens with zero attached hydrogens (tertiary/aromatic N) is 5. The molecule has 121 heavy (non-hydrogen) atoms. The molecule has 638 valence electrons. The Bertz CT molecular complexity index is 5410. The molecule has 0 bridgehead atoms. The number of esters is 1. The normalized spacial score (nSPS) is 14.6. The Kier molecular flexibility index (Phi) is 30.5. The van der Waals surface area contributed by atoms with Gasteiger partial charge in [-0.1, -0.05) is 18.2 Å². The molecule has 0 radical (unpaired) electrons. The first-order valence-electron chi connectivity index (χ1n) is 39.8. The van der Waals surface area contributed by atoms with Crippen LogP contribution in [-0.2, 0) is 64.7 Å². The minimum Gasteiger partial charge on any atom is -0.493 e. The third kappa shape index (κ3) is 22.1. The molecule has 6 aromatic carbocycles. The number of aromatic nitrogens is 3. The Hall–Kier alpha value is -12.7. The lowest BCUT2D eigenvalue weighted by Gasteiger charge is -2.28. The number of hydrogen-bond donors (Lipinski definition) is 4. The number of benzene rings is 6. The largest absolute Gasteiger partial charge is 0.493 e. The molecular weight excluding hydrogens is 1550 g/mol. The number of aliphatic hydroxyl groups excluding tert-OH is 1. The molecule has 3 aliphatic carbocycles. The summed E-state index contributed by atoms with van der Waals surface area (Å²) in [4.78, 5) is 55.6. The molecule has 1 saturated heterocycles. The van der Waals surface area contributed by atoms with E-state index in [1.807, 2.05) is 179 Å². The number of likely N-dealkylation sites (N-methyl/N-ethyl adjacent to an activating group) is 1. The van der Waals surface area contributed by atoms with Gasteiger partial charge in [0.25, 0.3) is 0 Å². The molecule has 4 N–H and O–H groups in total. The second kappa shape index (κ2) is 41.4. The van der Waals surface area contributed by atoms with E-state index < -0.39 is 5.97 Å². The number of nitrogens with one attached hydrogen (secondary N) is 3. The summed E-state index contributed by atoms with van der Waals surface area (Å²) in [6.07, 6.45) is 13.6. The van der Waals surface area contributed by atoms with E-state index in [0.717, 1.165) is 139 Å². The number of amides is 3. The van der Waals surface area contributed by atoms with Crippen LogP contribution in [0.4, 0.5) is 13.2 Å². The number of halogens is 3. The second-order valence-electron chi connectivity index (χ2n) is 30.0. The van der Waals surface area contributed by atoms with Gasteiger partial charge in [0.05, 0.1) is 88.2 Å². The molecule has 3 aromatic heterocycles. The zero-order chi connectivity index (χ0) is 86.7. The van der Waals surface area contributed by atoms with Crippen molar-refractivity contribution in [2.75, 3.05) is 110 Å².